The molecule has 134 valence electrons. The van der Waals surface area contributed by atoms with E-state index >= 15 is 0 Å². The van der Waals surface area contributed by atoms with Gasteiger partial charge in [-0.1, -0.05) is 64.6 Å². The Hall–Kier alpha value is -2.04. The first kappa shape index (κ1) is 18.3. The first-order valence-corrected chi connectivity index (χ1v) is 9.39. The van der Waals surface area contributed by atoms with Gasteiger partial charge in [0.1, 0.15) is 5.71 Å². The lowest BCUT2D eigenvalue weighted by Gasteiger charge is -2.17. The summed E-state index contributed by atoms with van der Waals surface area (Å²) in [6.45, 7) is 0. The van der Waals surface area contributed by atoms with E-state index in [9.17, 15) is 4.79 Å². The number of carbonyl (C=O) groups excluding carboxylic acids is 1. The topological polar surface area (TPSA) is 32.7 Å². The summed E-state index contributed by atoms with van der Waals surface area (Å²) in [7, 11) is 0. The van der Waals surface area contributed by atoms with E-state index in [1.807, 2.05) is 24.3 Å². The summed E-state index contributed by atoms with van der Waals surface area (Å²) in [6.07, 6.45) is 0. The Morgan fingerprint density at radius 3 is 2.11 bits per heavy atom. The second kappa shape index (κ2) is 7.17. The van der Waals surface area contributed by atoms with Gasteiger partial charge in [-0.25, -0.2) is 4.99 Å². The number of halogens is 4. The van der Waals surface area contributed by atoms with Crippen molar-refractivity contribution in [1.29, 1.82) is 0 Å². The van der Waals surface area contributed by atoms with Crippen LogP contribution in [0.25, 0.3) is 0 Å². The van der Waals surface area contributed by atoms with Crippen molar-refractivity contribution in [3.05, 3.63) is 86.3 Å². The molecule has 0 saturated heterocycles. The second-order valence-electron chi connectivity index (χ2n) is 5.81. The predicted molar refractivity (Wildman–Crippen MR) is 113 cm³/mol. The number of rotatable bonds is 2. The average Bonchev–Trinajstić information content (AvgIpc) is 2.93. The Morgan fingerprint density at radius 2 is 1.41 bits per heavy atom. The monoisotopic (exact) mass is 434 g/mol. The van der Waals surface area contributed by atoms with Crippen molar-refractivity contribution in [2.75, 3.05) is 4.90 Å². The van der Waals surface area contributed by atoms with Crippen LogP contribution in [0, 0.1) is 0 Å². The molecule has 7 heteroatoms. The molecule has 0 aromatic heterocycles. The minimum Gasteiger partial charge on any atom is -0.275 e. The number of fused-ring (bicyclic) bond motifs is 1. The number of anilines is 2. The molecule has 1 amide bonds. The Kier molecular flexibility index (Phi) is 4.87. The Morgan fingerprint density at radius 1 is 0.741 bits per heavy atom. The maximum absolute atomic E-state index is 13.2. The van der Waals surface area contributed by atoms with E-state index in [1.54, 1.807) is 41.3 Å². The van der Waals surface area contributed by atoms with Gasteiger partial charge < -0.3 is 0 Å². The lowest BCUT2D eigenvalue weighted by atomic mass is 10.1. The van der Waals surface area contributed by atoms with Gasteiger partial charge in [0.05, 0.1) is 37.2 Å². The normalized spacial score (nSPS) is 14.7. The van der Waals surface area contributed by atoms with Crippen molar-refractivity contribution in [2.24, 2.45) is 4.99 Å². The standard InChI is InChI=1S/C20H10Cl4N2O/c21-14-7-5-11(9-16(14)23)25-19-13-3-1-2-4-18(13)26(20(19)27)12-6-8-15(22)17(24)10-12/h1-10H. The first-order valence-electron chi connectivity index (χ1n) is 7.88. The van der Waals surface area contributed by atoms with E-state index in [2.05, 4.69) is 4.99 Å². The van der Waals surface area contributed by atoms with Gasteiger partial charge in [-0.15, -0.1) is 0 Å². The van der Waals surface area contributed by atoms with E-state index in [-0.39, 0.29) is 5.91 Å². The minimum atomic E-state index is -0.263. The molecule has 3 aromatic carbocycles. The summed E-state index contributed by atoms with van der Waals surface area (Å²) in [6, 6.07) is 17.4. The van der Waals surface area contributed by atoms with Crippen molar-refractivity contribution in [1.82, 2.24) is 0 Å². The van der Waals surface area contributed by atoms with Crippen LogP contribution < -0.4 is 4.90 Å². The zero-order valence-corrected chi connectivity index (χ0v) is 16.6. The minimum absolute atomic E-state index is 0.263. The molecule has 27 heavy (non-hydrogen) atoms. The van der Waals surface area contributed by atoms with Gasteiger partial charge in [-0.2, -0.15) is 0 Å². The number of nitrogens with zero attached hydrogens (tertiary/aromatic N) is 2. The number of hydrogen-bond donors (Lipinski definition) is 0. The summed E-state index contributed by atoms with van der Waals surface area (Å²) in [5, 5.41) is 1.59. The molecule has 0 N–H and O–H groups in total. The molecule has 1 heterocycles. The second-order valence-corrected chi connectivity index (χ2v) is 7.44. The van der Waals surface area contributed by atoms with E-state index in [4.69, 9.17) is 46.4 Å². The Labute approximate surface area is 175 Å². The van der Waals surface area contributed by atoms with Crippen LogP contribution in [0.4, 0.5) is 17.1 Å². The smallest absolute Gasteiger partial charge is 0.275 e. The summed E-state index contributed by atoms with van der Waals surface area (Å²) in [5.74, 6) is -0.263. The van der Waals surface area contributed by atoms with Crippen LogP contribution in [0.5, 0.6) is 0 Å². The Bertz CT molecular complexity index is 1110. The van der Waals surface area contributed by atoms with Crippen LogP contribution in [0.15, 0.2) is 65.7 Å². The van der Waals surface area contributed by atoms with Crippen molar-refractivity contribution in [2.45, 2.75) is 0 Å². The maximum Gasteiger partial charge on any atom is 0.282 e. The molecular weight excluding hydrogens is 426 g/mol. The molecule has 3 aromatic rings. The molecule has 0 saturated carbocycles. The van der Waals surface area contributed by atoms with Crippen LogP contribution in [0.2, 0.25) is 20.1 Å². The van der Waals surface area contributed by atoms with Gasteiger partial charge in [0, 0.05) is 5.56 Å². The third-order valence-corrected chi connectivity index (χ3v) is 5.59. The fraction of sp³-hybridized carbons (Fsp3) is 0. The van der Waals surface area contributed by atoms with E-state index in [1.165, 1.54) is 0 Å². The molecule has 0 unspecified atom stereocenters. The van der Waals surface area contributed by atoms with Gasteiger partial charge in [-0.05, 0) is 42.5 Å². The maximum atomic E-state index is 13.2. The molecule has 0 fully saturated rings. The quantitative estimate of drug-likeness (QED) is 0.422. The largest absolute Gasteiger partial charge is 0.282 e. The summed E-state index contributed by atoms with van der Waals surface area (Å²) < 4.78 is 0. The van der Waals surface area contributed by atoms with E-state index in [0.717, 1.165) is 11.3 Å². The molecule has 0 atom stereocenters. The van der Waals surface area contributed by atoms with Crippen LogP contribution in [0.1, 0.15) is 5.56 Å². The molecule has 4 rings (SSSR count). The molecule has 3 nitrogen and oxygen atoms in total. The zero-order valence-electron chi connectivity index (χ0n) is 13.6. The number of aliphatic imine (C=N–C) groups is 1. The number of amides is 1. The highest BCUT2D eigenvalue weighted by Crippen LogP contribution is 2.39. The van der Waals surface area contributed by atoms with Crippen LogP contribution >= 0.6 is 46.4 Å². The van der Waals surface area contributed by atoms with Gasteiger partial charge >= 0.3 is 0 Å². The van der Waals surface area contributed by atoms with Gasteiger partial charge in [-0.3, -0.25) is 9.69 Å². The molecule has 1 aliphatic rings. The highest BCUT2D eigenvalue weighted by molar-refractivity contribution is 6.56. The third-order valence-electron chi connectivity index (χ3n) is 4.11. The number of para-hydroxylation sites is 1. The van der Waals surface area contributed by atoms with Gasteiger partial charge in [0.25, 0.3) is 5.91 Å². The SMILES string of the molecule is O=C1C(=Nc2ccc(Cl)c(Cl)c2)c2ccccc2N1c1ccc(Cl)c(Cl)c1. The molecule has 0 spiro atoms. The van der Waals surface area contributed by atoms with Crippen molar-refractivity contribution < 1.29 is 4.79 Å². The fourth-order valence-electron chi connectivity index (χ4n) is 2.87. The van der Waals surface area contributed by atoms with E-state index in [0.29, 0.717) is 37.2 Å². The van der Waals surface area contributed by atoms with Crippen LogP contribution in [-0.4, -0.2) is 11.6 Å². The number of carbonyl (C=O) groups is 1. The number of benzene rings is 3. The summed E-state index contributed by atoms with van der Waals surface area (Å²) in [5.41, 5.74) is 2.91. The molecule has 0 aliphatic carbocycles. The van der Waals surface area contributed by atoms with Crippen LogP contribution in [0.3, 0.4) is 0 Å². The van der Waals surface area contributed by atoms with Crippen LogP contribution in [-0.2, 0) is 4.79 Å². The fourth-order valence-corrected chi connectivity index (χ4v) is 3.46. The molecule has 0 radical (unpaired) electrons. The molecule has 1 aliphatic heterocycles. The van der Waals surface area contributed by atoms with Crippen molar-refractivity contribution in [3.8, 4) is 0 Å². The van der Waals surface area contributed by atoms with E-state index < -0.39 is 0 Å². The lowest BCUT2D eigenvalue weighted by Crippen LogP contribution is -2.25. The molecular formula is C20H10Cl4N2O. The highest BCUT2D eigenvalue weighted by atomic mass is 35.5. The zero-order chi connectivity index (χ0) is 19.1. The average molecular weight is 436 g/mol. The highest BCUT2D eigenvalue weighted by Gasteiger charge is 2.35. The lowest BCUT2D eigenvalue weighted by molar-refractivity contribution is -0.111. The van der Waals surface area contributed by atoms with Gasteiger partial charge in [0.15, 0.2) is 0 Å². The van der Waals surface area contributed by atoms with Crippen molar-refractivity contribution >= 4 is 75.1 Å². The predicted octanol–water partition coefficient (Wildman–Crippen LogP) is 7.10. The number of hydrogen-bond acceptors (Lipinski definition) is 2. The van der Waals surface area contributed by atoms with Gasteiger partial charge in [0.2, 0.25) is 0 Å². The summed E-state index contributed by atoms with van der Waals surface area (Å²) >= 11 is 24.2. The third kappa shape index (κ3) is 3.32. The molecule has 0 bridgehead atoms. The Balaban J connectivity index is 1.85. The van der Waals surface area contributed by atoms with Crippen molar-refractivity contribution in [3.63, 3.8) is 0 Å². The first-order chi connectivity index (χ1) is 13.0. The summed E-state index contributed by atoms with van der Waals surface area (Å²) in [4.78, 5) is 19.3.